The van der Waals surface area contributed by atoms with Gasteiger partial charge >= 0.3 is 0 Å². The van der Waals surface area contributed by atoms with Crippen LogP contribution in [0.25, 0.3) is 0 Å². The van der Waals surface area contributed by atoms with Gasteiger partial charge in [-0.3, -0.25) is 9.98 Å². The van der Waals surface area contributed by atoms with Crippen molar-refractivity contribution in [2.24, 2.45) is 9.98 Å². The quantitative estimate of drug-likeness (QED) is 0.309. The third kappa shape index (κ3) is 4.04. The van der Waals surface area contributed by atoms with Gasteiger partial charge in [0.1, 0.15) is 0 Å². The maximum Gasteiger partial charge on any atom is 0.0815 e. The van der Waals surface area contributed by atoms with E-state index in [2.05, 4.69) is 94.2 Å². The third-order valence-electron chi connectivity index (χ3n) is 5.65. The summed E-state index contributed by atoms with van der Waals surface area (Å²) in [5, 5.41) is 0. The van der Waals surface area contributed by atoms with Gasteiger partial charge in [0, 0.05) is 31.2 Å². The van der Waals surface area contributed by atoms with Crippen LogP contribution in [0.4, 0.5) is 0 Å². The van der Waals surface area contributed by atoms with Gasteiger partial charge in [-0.2, -0.15) is 0 Å². The number of rotatable bonds is 8. The van der Waals surface area contributed by atoms with E-state index >= 15 is 0 Å². The lowest BCUT2D eigenvalue weighted by Crippen LogP contribution is -2.09. The molecule has 2 aliphatic heterocycles. The van der Waals surface area contributed by atoms with Crippen LogP contribution in [0.15, 0.2) is 90.0 Å². The molecule has 0 saturated carbocycles. The van der Waals surface area contributed by atoms with Crippen LogP contribution in [0.1, 0.15) is 63.5 Å². The number of hydrogen-bond acceptors (Lipinski definition) is 2. The molecule has 2 aromatic rings. The molecular weight excluding hydrogens is 500 g/mol. The largest absolute Gasteiger partial charge is 0.251 e. The Morgan fingerprint density at radius 1 is 0.667 bits per heavy atom. The topological polar surface area (TPSA) is 24.7 Å². The highest BCUT2D eigenvalue weighted by Gasteiger charge is 2.36. The van der Waals surface area contributed by atoms with Gasteiger partial charge in [-0.1, -0.05) is 101 Å². The summed E-state index contributed by atoms with van der Waals surface area (Å²) < 4.78 is 2.15. The Morgan fingerprint density at radius 2 is 1.20 bits per heavy atom. The molecule has 0 saturated heterocycles. The molecule has 0 bridgehead atoms. The Kier molecular flexibility index (Phi) is 6.84. The van der Waals surface area contributed by atoms with Gasteiger partial charge in [-0.25, -0.2) is 0 Å². The standard InChI is InChI=1S/C26H26Br2N2/c1-3-5-6-7-16-22-24-23(25(30-22)17-12-8-10-14-19(17)27)21(4-2)29-26(24)18-13-9-11-15-20(18)28/h8-15H,3-7,16H2,1-2H3. The molecule has 0 spiro atoms. The van der Waals surface area contributed by atoms with E-state index in [1.54, 1.807) is 0 Å². The van der Waals surface area contributed by atoms with E-state index in [0.717, 1.165) is 56.5 Å². The van der Waals surface area contributed by atoms with E-state index in [1.807, 2.05) is 0 Å². The van der Waals surface area contributed by atoms with Gasteiger partial charge in [-0.15, -0.1) is 0 Å². The lowest BCUT2D eigenvalue weighted by atomic mass is 9.91. The summed E-state index contributed by atoms with van der Waals surface area (Å²) in [6.07, 6.45) is 6.81. The Bertz CT molecular complexity index is 1050. The molecule has 0 aromatic heterocycles. The fraction of sp³-hybridized carbons (Fsp3) is 0.308. The number of unbranched alkanes of at least 4 members (excludes halogenated alkanes) is 3. The van der Waals surface area contributed by atoms with Crippen molar-refractivity contribution in [2.75, 3.05) is 0 Å². The predicted octanol–water partition coefficient (Wildman–Crippen LogP) is 8.41. The highest BCUT2D eigenvalue weighted by atomic mass is 79.9. The zero-order valence-electron chi connectivity index (χ0n) is 17.5. The number of halogens is 2. The SMILES string of the molecule is CCCCCCC1=C2C(c3ccccc3Br)=NC(CC)=C2C(c2ccccc2Br)=N1. The Morgan fingerprint density at radius 3 is 1.73 bits per heavy atom. The average Bonchev–Trinajstić information content (AvgIpc) is 3.31. The Labute approximate surface area is 196 Å². The second-order valence-electron chi connectivity index (χ2n) is 7.69. The van der Waals surface area contributed by atoms with Crippen molar-refractivity contribution in [1.82, 2.24) is 0 Å². The molecule has 2 nitrogen and oxygen atoms in total. The zero-order chi connectivity index (χ0) is 21.1. The van der Waals surface area contributed by atoms with Crippen molar-refractivity contribution >= 4 is 43.3 Å². The molecule has 30 heavy (non-hydrogen) atoms. The lowest BCUT2D eigenvalue weighted by molar-refractivity contribution is 0.662. The molecule has 2 aliphatic rings. The maximum absolute atomic E-state index is 5.22. The van der Waals surface area contributed by atoms with Crippen LogP contribution in [0.3, 0.4) is 0 Å². The van der Waals surface area contributed by atoms with Gasteiger partial charge in [0.15, 0.2) is 0 Å². The summed E-state index contributed by atoms with van der Waals surface area (Å²) in [4.78, 5) is 10.4. The summed E-state index contributed by atoms with van der Waals surface area (Å²) in [5.74, 6) is 0. The van der Waals surface area contributed by atoms with Crippen molar-refractivity contribution in [2.45, 2.75) is 52.4 Å². The fourth-order valence-corrected chi connectivity index (χ4v) is 5.09. The molecular formula is C26H26Br2N2. The molecule has 154 valence electrons. The summed E-state index contributed by atoms with van der Waals surface area (Å²) in [7, 11) is 0. The molecule has 2 heterocycles. The van der Waals surface area contributed by atoms with E-state index in [9.17, 15) is 0 Å². The molecule has 0 radical (unpaired) electrons. The second kappa shape index (κ2) is 9.57. The highest BCUT2D eigenvalue weighted by Crippen LogP contribution is 2.43. The van der Waals surface area contributed by atoms with Crippen LogP contribution < -0.4 is 0 Å². The molecule has 4 rings (SSSR count). The summed E-state index contributed by atoms with van der Waals surface area (Å²) in [6, 6.07) is 16.7. The summed E-state index contributed by atoms with van der Waals surface area (Å²) in [6.45, 7) is 4.44. The number of benzene rings is 2. The third-order valence-corrected chi connectivity index (χ3v) is 7.04. The number of hydrogen-bond donors (Lipinski definition) is 0. The number of nitrogens with zero attached hydrogens (tertiary/aromatic N) is 2. The van der Waals surface area contributed by atoms with Crippen LogP contribution in [0, 0.1) is 0 Å². The summed E-state index contributed by atoms with van der Waals surface area (Å²) >= 11 is 7.49. The van der Waals surface area contributed by atoms with Gasteiger partial charge in [0.2, 0.25) is 0 Å². The Balaban J connectivity index is 1.82. The summed E-state index contributed by atoms with van der Waals surface area (Å²) in [5.41, 5.74) is 9.18. The van der Waals surface area contributed by atoms with Crippen LogP contribution in [0.2, 0.25) is 0 Å². The molecule has 4 heteroatoms. The molecule has 2 aromatic carbocycles. The molecule has 0 amide bonds. The predicted molar refractivity (Wildman–Crippen MR) is 134 cm³/mol. The highest BCUT2D eigenvalue weighted by molar-refractivity contribution is 9.10. The monoisotopic (exact) mass is 524 g/mol. The molecule has 0 aliphatic carbocycles. The van der Waals surface area contributed by atoms with E-state index < -0.39 is 0 Å². The number of fused-ring (bicyclic) bond motifs is 1. The first-order valence-electron chi connectivity index (χ1n) is 10.8. The van der Waals surface area contributed by atoms with E-state index in [-0.39, 0.29) is 0 Å². The van der Waals surface area contributed by atoms with E-state index in [1.165, 1.54) is 36.1 Å². The molecule has 0 fully saturated rings. The van der Waals surface area contributed by atoms with Crippen LogP contribution in [-0.2, 0) is 0 Å². The Hall–Kier alpha value is -1.78. The second-order valence-corrected chi connectivity index (χ2v) is 9.40. The smallest absolute Gasteiger partial charge is 0.0815 e. The van der Waals surface area contributed by atoms with Crippen molar-refractivity contribution in [3.05, 3.63) is 91.1 Å². The van der Waals surface area contributed by atoms with Crippen molar-refractivity contribution in [3.8, 4) is 0 Å². The first-order valence-corrected chi connectivity index (χ1v) is 12.4. The molecule has 0 unspecified atom stereocenters. The van der Waals surface area contributed by atoms with Gasteiger partial charge in [0.05, 0.1) is 22.8 Å². The number of allylic oxidation sites excluding steroid dienone is 4. The first kappa shape index (κ1) is 21.5. The minimum Gasteiger partial charge on any atom is -0.251 e. The minimum atomic E-state index is 0.888. The van der Waals surface area contributed by atoms with Crippen LogP contribution >= 0.6 is 31.9 Å². The van der Waals surface area contributed by atoms with Crippen LogP contribution in [0.5, 0.6) is 0 Å². The minimum absolute atomic E-state index is 0.888. The van der Waals surface area contributed by atoms with E-state index in [0.29, 0.717) is 0 Å². The maximum atomic E-state index is 5.22. The number of aliphatic imine (C=N–C) groups is 2. The van der Waals surface area contributed by atoms with Crippen LogP contribution in [-0.4, -0.2) is 11.4 Å². The van der Waals surface area contributed by atoms with Crippen molar-refractivity contribution in [1.29, 1.82) is 0 Å². The first-order chi connectivity index (χ1) is 14.7. The molecule has 0 N–H and O–H groups in total. The van der Waals surface area contributed by atoms with Crippen molar-refractivity contribution in [3.63, 3.8) is 0 Å². The fourth-order valence-electron chi connectivity index (χ4n) is 4.14. The van der Waals surface area contributed by atoms with Crippen molar-refractivity contribution < 1.29 is 0 Å². The molecule has 0 atom stereocenters. The van der Waals surface area contributed by atoms with Gasteiger partial charge in [0.25, 0.3) is 0 Å². The normalized spacial score (nSPS) is 15.6. The van der Waals surface area contributed by atoms with Gasteiger partial charge in [-0.05, 0) is 31.4 Å². The lowest BCUT2D eigenvalue weighted by Gasteiger charge is -2.10. The zero-order valence-corrected chi connectivity index (χ0v) is 20.7. The van der Waals surface area contributed by atoms with E-state index in [4.69, 9.17) is 9.98 Å². The van der Waals surface area contributed by atoms with Gasteiger partial charge < -0.3 is 0 Å². The average molecular weight is 526 g/mol.